The van der Waals surface area contributed by atoms with E-state index in [9.17, 15) is 23.1 Å². The van der Waals surface area contributed by atoms with Crippen molar-refractivity contribution < 1.29 is 27.9 Å². The van der Waals surface area contributed by atoms with Crippen LogP contribution in [0.25, 0.3) is 0 Å². The Morgan fingerprint density at radius 1 is 1.13 bits per heavy atom. The number of hydrogen-bond acceptors (Lipinski definition) is 6. The van der Waals surface area contributed by atoms with Gasteiger partial charge in [-0.1, -0.05) is 24.1 Å². The Morgan fingerprint density at radius 3 is 2.52 bits per heavy atom. The van der Waals surface area contributed by atoms with Crippen molar-refractivity contribution in [1.29, 1.82) is 0 Å². The van der Waals surface area contributed by atoms with Crippen molar-refractivity contribution in [1.82, 2.24) is 4.31 Å². The van der Waals surface area contributed by atoms with Crippen LogP contribution in [0.15, 0.2) is 47.4 Å². The fourth-order valence-corrected chi connectivity index (χ4v) is 4.87. The average molecular weight is 467 g/mol. The van der Waals surface area contributed by atoms with E-state index < -0.39 is 28.0 Å². The minimum absolute atomic E-state index is 0.0264. The molecule has 0 spiro atoms. The second kappa shape index (κ2) is 9.67. The SMILES string of the molecule is C[C@H](OC(=O)c1cccc(O)c1)C(=O)Nc1cc(S(=O)(=O)N2CCCCC2)ccc1Cl. The molecule has 0 unspecified atom stereocenters. The zero-order chi connectivity index (χ0) is 22.6. The summed E-state index contributed by atoms with van der Waals surface area (Å²) in [7, 11) is -3.70. The van der Waals surface area contributed by atoms with Crippen LogP contribution in [-0.4, -0.2) is 48.9 Å². The molecule has 0 aromatic heterocycles. The summed E-state index contributed by atoms with van der Waals surface area (Å²) < 4.78 is 32.3. The highest BCUT2D eigenvalue weighted by Crippen LogP contribution is 2.28. The number of benzene rings is 2. The molecule has 31 heavy (non-hydrogen) atoms. The highest BCUT2D eigenvalue weighted by Gasteiger charge is 2.27. The quantitative estimate of drug-likeness (QED) is 0.631. The maximum Gasteiger partial charge on any atom is 0.339 e. The van der Waals surface area contributed by atoms with E-state index in [0.717, 1.165) is 19.3 Å². The summed E-state index contributed by atoms with van der Waals surface area (Å²) in [5.74, 6) is -1.57. The molecule has 1 atom stereocenters. The monoisotopic (exact) mass is 466 g/mol. The van der Waals surface area contributed by atoms with Gasteiger partial charge in [-0.05, 0) is 56.2 Å². The first kappa shape index (κ1) is 23.1. The first-order valence-corrected chi connectivity index (χ1v) is 11.6. The number of aromatic hydroxyl groups is 1. The molecule has 1 aliphatic rings. The largest absolute Gasteiger partial charge is 0.508 e. The highest BCUT2D eigenvalue weighted by atomic mass is 35.5. The number of halogens is 1. The second-order valence-electron chi connectivity index (χ2n) is 7.19. The number of rotatable bonds is 6. The number of esters is 1. The highest BCUT2D eigenvalue weighted by molar-refractivity contribution is 7.89. The zero-order valence-electron chi connectivity index (χ0n) is 16.9. The molecule has 10 heteroatoms. The molecule has 2 N–H and O–H groups in total. The predicted molar refractivity (Wildman–Crippen MR) is 116 cm³/mol. The Labute approximate surface area is 185 Å². The van der Waals surface area contributed by atoms with E-state index in [1.54, 1.807) is 0 Å². The smallest absolute Gasteiger partial charge is 0.339 e. The van der Waals surface area contributed by atoms with Crippen molar-refractivity contribution in [2.24, 2.45) is 0 Å². The zero-order valence-corrected chi connectivity index (χ0v) is 18.4. The number of phenolic OH excluding ortho intramolecular Hbond substituents is 1. The van der Waals surface area contributed by atoms with E-state index in [1.165, 1.54) is 53.7 Å². The number of carbonyl (C=O) groups excluding carboxylic acids is 2. The maximum atomic E-state index is 12.9. The van der Waals surface area contributed by atoms with Crippen molar-refractivity contribution in [2.45, 2.75) is 37.2 Å². The lowest BCUT2D eigenvalue weighted by Gasteiger charge is -2.26. The lowest BCUT2D eigenvalue weighted by molar-refractivity contribution is -0.123. The molecule has 0 saturated carbocycles. The average Bonchev–Trinajstić information content (AvgIpc) is 2.75. The van der Waals surface area contributed by atoms with Gasteiger partial charge in [-0.3, -0.25) is 4.79 Å². The van der Waals surface area contributed by atoms with Gasteiger partial charge in [0.05, 0.1) is 21.2 Å². The van der Waals surface area contributed by atoms with Gasteiger partial charge in [0.1, 0.15) is 5.75 Å². The van der Waals surface area contributed by atoms with Gasteiger partial charge in [0.2, 0.25) is 10.0 Å². The molecule has 1 amide bonds. The summed E-state index contributed by atoms with van der Waals surface area (Å²) in [6.45, 7) is 2.28. The predicted octanol–water partition coefficient (Wildman–Crippen LogP) is 3.40. The number of ether oxygens (including phenoxy) is 1. The van der Waals surface area contributed by atoms with E-state index >= 15 is 0 Å². The Hall–Kier alpha value is -2.62. The Morgan fingerprint density at radius 2 is 1.84 bits per heavy atom. The van der Waals surface area contributed by atoms with Crippen LogP contribution < -0.4 is 5.32 Å². The van der Waals surface area contributed by atoms with E-state index in [1.807, 2.05) is 0 Å². The lowest BCUT2D eigenvalue weighted by Crippen LogP contribution is -2.35. The van der Waals surface area contributed by atoms with Crippen molar-refractivity contribution in [2.75, 3.05) is 18.4 Å². The van der Waals surface area contributed by atoms with E-state index in [2.05, 4.69) is 5.32 Å². The Balaban J connectivity index is 1.72. The number of nitrogens with zero attached hydrogens (tertiary/aromatic N) is 1. The number of phenols is 1. The van der Waals surface area contributed by atoms with Crippen molar-refractivity contribution in [3.8, 4) is 5.75 Å². The first-order chi connectivity index (χ1) is 14.7. The van der Waals surface area contributed by atoms with Crippen LogP contribution in [0, 0.1) is 0 Å². The number of sulfonamides is 1. The van der Waals surface area contributed by atoms with Crippen LogP contribution in [0.1, 0.15) is 36.5 Å². The molecule has 2 aromatic rings. The number of hydrogen-bond donors (Lipinski definition) is 2. The van der Waals surface area contributed by atoms with Crippen molar-refractivity contribution >= 4 is 39.2 Å². The van der Waals surface area contributed by atoms with Gasteiger partial charge in [-0.15, -0.1) is 0 Å². The van der Waals surface area contributed by atoms with Gasteiger partial charge in [0.25, 0.3) is 5.91 Å². The van der Waals surface area contributed by atoms with Gasteiger partial charge in [-0.25, -0.2) is 13.2 Å². The minimum Gasteiger partial charge on any atom is -0.508 e. The maximum absolute atomic E-state index is 12.9. The Kier molecular flexibility index (Phi) is 7.19. The van der Waals surface area contributed by atoms with E-state index in [-0.39, 0.29) is 26.9 Å². The van der Waals surface area contributed by atoms with Gasteiger partial charge >= 0.3 is 5.97 Å². The molecule has 1 heterocycles. The van der Waals surface area contributed by atoms with Crippen LogP contribution >= 0.6 is 11.6 Å². The molecule has 166 valence electrons. The van der Waals surface area contributed by atoms with Crippen LogP contribution in [0.2, 0.25) is 5.02 Å². The van der Waals surface area contributed by atoms with Gasteiger partial charge in [0.15, 0.2) is 6.10 Å². The summed E-state index contributed by atoms with van der Waals surface area (Å²) in [5.41, 5.74) is 0.192. The summed E-state index contributed by atoms with van der Waals surface area (Å²) >= 11 is 6.14. The summed E-state index contributed by atoms with van der Waals surface area (Å²) in [4.78, 5) is 24.7. The lowest BCUT2D eigenvalue weighted by atomic mass is 10.2. The fourth-order valence-electron chi connectivity index (χ4n) is 3.16. The third-order valence-electron chi connectivity index (χ3n) is 4.88. The number of anilines is 1. The standard InChI is InChI=1S/C21H23ClN2O6S/c1-14(30-21(27)15-6-5-7-16(25)12-15)20(26)23-19-13-17(8-9-18(19)22)31(28,29)24-10-3-2-4-11-24/h5-9,12-14,25H,2-4,10-11H2,1H3,(H,23,26)/t14-/m0/s1. The van der Waals surface area contributed by atoms with Crippen LogP contribution in [0.3, 0.4) is 0 Å². The molecule has 0 aliphatic carbocycles. The summed E-state index contributed by atoms with van der Waals surface area (Å²) in [6.07, 6.45) is 1.41. The summed E-state index contributed by atoms with van der Waals surface area (Å²) in [5, 5.41) is 12.1. The van der Waals surface area contributed by atoms with Crippen LogP contribution in [0.5, 0.6) is 5.75 Å². The van der Waals surface area contributed by atoms with Crippen LogP contribution in [-0.2, 0) is 19.6 Å². The van der Waals surface area contributed by atoms with Crippen molar-refractivity contribution in [3.63, 3.8) is 0 Å². The number of carbonyl (C=O) groups is 2. The molecular formula is C21H23ClN2O6S. The van der Waals surface area contributed by atoms with Crippen LogP contribution in [0.4, 0.5) is 5.69 Å². The molecule has 1 aliphatic heterocycles. The Bertz CT molecular complexity index is 1080. The van der Waals surface area contributed by atoms with Gasteiger partial charge < -0.3 is 15.2 Å². The fraction of sp³-hybridized carbons (Fsp3) is 0.333. The topological polar surface area (TPSA) is 113 Å². The minimum atomic E-state index is -3.70. The number of piperidine rings is 1. The number of amides is 1. The normalized spacial score (nSPS) is 15.8. The summed E-state index contributed by atoms with van der Waals surface area (Å²) in [6, 6.07) is 9.64. The van der Waals surface area contributed by atoms with Gasteiger partial charge in [-0.2, -0.15) is 4.31 Å². The van der Waals surface area contributed by atoms with Crippen molar-refractivity contribution in [3.05, 3.63) is 53.1 Å². The molecule has 8 nitrogen and oxygen atoms in total. The molecular weight excluding hydrogens is 444 g/mol. The number of nitrogens with one attached hydrogen (secondary N) is 1. The molecule has 0 radical (unpaired) electrons. The second-order valence-corrected chi connectivity index (χ2v) is 9.54. The third-order valence-corrected chi connectivity index (χ3v) is 7.11. The molecule has 0 bridgehead atoms. The third kappa shape index (κ3) is 5.55. The molecule has 2 aromatic carbocycles. The van der Waals surface area contributed by atoms with Gasteiger partial charge in [0, 0.05) is 13.1 Å². The molecule has 1 saturated heterocycles. The van der Waals surface area contributed by atoms with E-state index in [0.29, 0.717) is 13.1 Å². The van der Waals surface area contributed by atoms with E-state index in [4.69, 9.17) is 16.3 Å². The first-order valence-electron chi connectivity index (χ1n) is 9.79. The molecule has 1 fully saturated rings. The molecule has 3 rings (SSSR count).